The Morgan fingerprint density at radius 2 is 2.13 bits per heavy atom. The second-order valence-corrected chi connectivity index (χ2v) is 3.72. The van der Waals surface area contributed by atoms with Crippen LogP contribution >= 0.6 is 0 Å². The van der Waals surface area contributed by atoms with Gasteiger partial charge in [-0.25, -0.2) is 9.59 Å². The van der Waals surface area contributed by atoms with Crippen molar-refractivity contribution in [1.29, 1.82) is 0 Å². The molecule has 0 atom stereocenters. The van der Waals surface area contributed by atoms with Crippen molar-refractivity contribution in [3.8, 4) is 0 Å². The number of para-hydroxylation sites is 1. The lowest BCUT2D eigenvalue weighted by Crippen LogP contribution is -2.28. The normalized spacial score (nSPS) is 14.4. The largest absolute Gasteiger partial charge is 0.422 e. The van der Waals surface area contributed by atoms with Gasteiger partial charge in [-0.1, -0.05) is 12.1 Å². The predicted molar refractivity (Wildman–Crippen MR) is 55.1 cm³/mol. The zero-order valence-corrected chi connectivity index (χ0v) is 8.03. The molecule has 2 aromatic rings. The Hall–Kier alpha value is -1.84. The summed E-state index contributed by atoms with van der Waals surface area (Å²) in [5.74, 6) is -0.542. The van der Waals surface area contributed by atoms with E-state index in [0.717, 1.165) is 23.9 Å². The second-order valence-electron chi connectivity index (χ2n) is 3.72. The van der Waals surface area contributed by atoms with Crippen molar-refractivity contribution in [2.75, 3.05) is 0 Å². The Balaban J connectivity index is 2.65. The fraction of sp³-hybridized carbons (Fsp3) is 0.273. The highest BCUT2D eigenvalue weighted by molar-refractivity contribution is 5.81. The molecule has 1 aliphatic heterocycles. The molecule has 0 fully saturated rings. The number of aryl methyl sites for hydroxylation is 2. The van der Waals surface area contributed by atoms with E-state index in [0.29, 0.717) is 11.9 Å². The first-order valence-corrected chi connectivity index (χ1v) is 4.93. The molecule has 3 rings (SSSR count). The minimum atomic E-state index is -0.542. The molecule has 0 unspecified atom stereocenters. The van der Waals surface area contributed by atoms with Crippen molar-refractivity contribution in [1.82, 2.24) is 4.57 Å². The average molecular weight is 203 g/mol. The maximum absolute atomic E-state index is 11.5. The van der Waals surface area contributed by atoms with Gasteiger partial charge in [-0.3, -0.25) is 4.57 Å². The molecular formula is C11H9NO3. The highest BCUT2D eigenvalue weighted by atomic mass is 16.4. The van der Waals surface area contributed by atoms with Crippen molar-refractivity contribution in [2.45, 2.75) is 19.4 Å². The van der Waals surface area contributed by atoms with E-state index in [1.54, 1.807) is 10.6 Å². The van der Waals surface area contributed by atoms with Crippen LogP contribution in [-0.4, -0.2) is 4.57 Å². The van der Waals surface area contributed by atoms with Crippen molar-refractivity contribution < 1.29 is 4.42 Å². The summed E-state index contributed by atoms with van der Waals surface area (Å²) < 4.78 is 6.20. The van der Waals surface area contributed by atoms with E-state index in [9.17, 15) is 9.59 Å². The molecule has 0 saturated heterocycles. The molecule has 4 heteroatoms. The van der Waals surface area contributed by atoms with Gasteiger partial charge in [0.1, 0.15) is 0 Å². The molecule has 2 heterocycles. The maximum Gasteiger partial charge on any atom is 0.422 e. The van der Waals surface area contributed by atoms with Gasteiger partial charge < -0.3 is 4.42 Å². The summed E-state index contributed by atoms with van der Waals surface area (Å²) in [4.78, 5) is 22.9. The monoisotopic (exact) mass is 203 g/mol. The van der Waals surface area contributed by atoms with Gasteiger partial charge in [0, 0.05) is 6.54 Å². The zero-order valence-electron chi connectivity index (χ0n) is 8.03. The van der Waals surface area contributed by atoms with Gasteiger partial charge in [0.15, 0.2) is 0 Å². The lowest BCUT2D eigenvalue weighted by molar-refractivity contribution is 0.407. The molecule has 0 amide bonds. The summed E-state index contributed by atoms with van der Waals surface area (Å²) >= 11 is 0. The highest BCUT2D eigenvalue weighted by Crippen LogP contribution is 2.20. The lowest BCUT2D eigenvalue weighted by Gasteiger charge is -2.16. The van der Waals surface area contributed by atoms with Gasteiger partial charge >= 0.3 is 11.4 Å². The SMILES string of the molecule is O=c1oc(=O)n2c3c(cccc13)CCC2. The van der Waals surface area contributed by atoms with E-state index in [4.69, 9.17) is 0 Å². The molecule has 0 radical (unpaired) electrons. The molecule has 0 saturated carbocycles. The van der Waals surface area contributed by atoms with Crippen LogP contribution in [0.25, 0.3) is 10.9 Å². The van der Waals surface area contributed by atoms with E-state index < -0.39 is 11.4 Å². The second kappa shape index (κ2) is 2.82. The topological polar surface area (TPSA) is 52.2 Å². The number of aromatic nitrogens is 1. The summed E-state index contributed by atoms with van der Waals surface area (Å²) in [7, 11) is 0. The Bertz CT molecular complexity index is 651. The van der Waals surface area contributed by atoms with Crippen molar-refractivity contribution in [2.24, 2.45) is 0 Å². The molecule has 0 N–H and O–H groups in total. The van der Waals surface area contributed by atoms with E-state index >= 15 is 0 Å². The molecule has 15 heavy (non-hydrogen) atoms. The third-order valence-electron chi connectivity index (χ3n) is 2.84. The van der Waals surface area contributed by atoms with Gasteiger partial charge in [-0.05, 0) is 24.5 Å². The fourth-order valence-corrected chi connectivity index (χ4v) is 2.19. The van der Waals surface area contributed by atoms with E-state index in [1.165, 1.54) is 0 Å². The molecule has 0 bridgehead atoms. The number of hydrogen-bond donors (Lipinski definition) is 0. The molecule has 76 valence electrons. The van der Waals surface area contributed by atoms with E-state index in [1.807, 2.05) is 12.1 Å². The summed E-state index contributed by atoms with van der Waals surface area (Å²) in [5, 5.41) is 0.506. The van der Waals surface area contributed by atoms with Gasteiger partial charge in [-0.15, -0.1) is 0 Å². The Morgan fingerprint density at radius 3 is 3.00 bits per heavy atom. The first-order valence-electron chi connectivity index (χ1n) is 4.93. The van der Waals surface area contributed by atoms with Crippen LogP contribution < -0.4 is 11.4 Å². The van der Waals surface area contributed by atoms with Gasteiger partial charge in [0.05, 0.1) is 10.9 Å². The third-order valence-corrected chi connectivity index (χ3v) is 2.84. The standard InChI is InChI=1S/C11H9NO3/c13-10-8-5-1-3-7-4-2-6-12(9(7)8)11(14)15-10/h1,3,5H,2,4,6H2. The minimum Gasteiger partial charge on any atom is -0.372 e. The van der Waals surface area contributed by atoms with Crippen molar-refractivity contribution >= 4 is 10.9 Å². The van der Waals surface area contributed by atoms with Crippen LogP contribution in [0.3, 0.4) is 0 Å². The summed E-state index contributed by atoms with van der Waals surface area (Å²) in [6.45, 7) is 0.635. The third kappa shape index (κ3) is 1.08. The fourth-order valence-electron chi connectivity index (χ4n) is 2.19. The first-order chi connectivity index (χ1) is 7.27. The molecule has 0 spiro atoms. The van der Waals surface area contributed by atoms with Gasteiger partial charge in [0.25, 0.3) is 0 Å². The van der Waals surface area contributed by atoms with E-state index in [2.05, 4.69) is 4.42 Å². The van der Waals surface area contributed by atoms with Crippen LogP contribution in [0.1, 0.15) is 12.0 Å². The first kappa shape index (κ1) is 8.47. The van der Waals surface area contributed by atoms with Gasteiger partial charge in [0.2, 0.25) is 0 Å². The smallest absolute Gasteiger partial charge is 0.372 e. The summed E-state index contributed by atoms with van der Waals surface area (Å²) in [5.41, 5.74) is 1.28. The average Bonchev–Trinajstić information content (AvgIpc) is 2.25. The molecule has 1 aromatic heterocycles. The molecular weight excluding hydrogens is 194 g/mol. The summed E-state index contributed by atoms with van der Waals surface area (Å²) in [6, 6.07) is 5.48. The van der Waals surface area contributed by atoms with E-state index in [-0.39, 0.29) is 0 Å². The number of hydrogen-bond acceptors (Lipinski definition) is 3. The van der Waals surface area contributed by atoms with Crippen LogP contribution in [0.2, 0.25) is 0 Å². The Morgan fingerprint density at radius 1 is 1.27 bits per heavy atom. The van der Waals surface area contributed by atoms with Crippen molar-refractivity contribution in [3.05, 3.63) is 44.7 Å². The molecule has 0 aliphatic carbocycles. The van der Waals surface area contributed by atoms with Crippen LogP contribution in [0.15, 0.2) is 32.2 Å². The summed E-state index contributed by atoms with van der Waals surface area (Å²) in [6.07, 6.45) is 1.83. The van der Waals surface area contributed by atoms with Crippen LogP contribution in [0.4, 0.5) is 0 Å². The number of benzene rings is 1. The van der Waals surface area contributed by atoms with Gasteiger partial charge in [-0.2, -0.15) is 0 Å². The number of rotatable bonds is 0. The number of nitrogens with zero attached hydrogens (tertiary/aromatic N) is 1. The quantitative estimate of drug-likeness (QED) is 0.639. The molecule has 1 aromatic carbocycles. The van der Waals surface area contributed by atoms with Crippen LogP contribution in [0.5, 0.6) is 0 Å². The maximum atomic E-state index is 11.5. The minimum absolute atomic E-state index is 0.506. The Kier molecular flexibility index (Phi) is 1.59. The van der Waals surface area contributed by atoms with Crippen LogP contribution in [0, 0.1) is 0 Å². The Labute approximate surface area is 84.8 Å². The van der Waals surface area contributed by atoms with Crippen LogP contribution in [-0.2, 0) is 13.0 Å². The lowest BCUT2D eigenvalue weighted by atomic mass is 10.0. The highest BCUT2D eigenvalue weighted by Gasteiger charge is 2.16. The van der Waals surface area contributed by atoms with Crippen molar-refractivity contribution in [3.63, 3.8) is 0 Å². The molecule has 4 nitrogen and oxygen atoms in total. The zero-order chi connectivity index (χ0) is 10.4. The molecule has 1 aliphatic rings. The predicted octanol–water partition coefficient (Wildman–Crippen LogP) is 0.901.